The van der Waals surface area contributed by atoms with E-state index in [2.05, 4.69) is 11.2 Å². The van der Waals surface area contributed by atoms with Gasteiger partial charge in [-0.15, -0.1) is 0 Å². The van der Waals surface area contributed by atoms with Crippen molar-refractivity contribution in [1.82, 2.24) is 9.78 Å². The van der Waals surface area contributed by atoms with Gasteiger partial charge in [0.05, 0.1) is 6.20 Å². The predicted molar refractivity (Wildman–Crippen MR) is 27.1 cm³/mol. The van der Waals surface area contributed by atoms with Crippen LogP contribution in [-0.2, 0) is 7.05 Å². The highest BCUT2D eigenvalue weighted by atomic mass is 35.5. The summed E-state index contributed by atoms with van der Waals surface area (Å²) in [5.41, 5.74) is 0. The quantitative estimate of drug-likeness (QED) is 0.491. The Morgan fingerprint density at radius 3 is 2.86 bits per heavy atom. The monoisotopic (exact) mass is 115 g/mol. The number of rotatable bonds is 0. The van der Waals surface area contributed by atoms with E-state index in [4.69, 9.17) is 11.6 Å². The molecule has 0 aliphatic carbocycles. The SMILES string of the molecule is Cn1nc[c]c1Cl. The molecule has 1 aromatic rings. The normalized spacial score (nSPS) is 9.43. The van der Waals surface area contributed by atoms with Crippen LogP contribution in [0.2, 0.25) is 5.15 Å². The minimum Gasteiger partial charge on any atom is -0.256 e. The molecule has 0 aromatic carbocycles. The Kier molecular flexibility index (Phi) is 1.02. The van der Waals surface area contributed by atoms with Crippen LogP contribution >= 0.6 is 11.6 Å². The largest absolute Gasteiger partial charge is 0.256 e. The zero-order valence-electron chi connectivity index (χ0n) is 3.85. The number of nitrogens with zero attached hydrogens (tertiary/aromatic N) is 2. The van der Waals surface area contributed by atoms with E-state index in [1.165, 1.54) is 6.20 Å². The lowest BCUT2D eigenvalue weighted by molar-refractivity contribution is 0.768. The second kappa shape index (κ2) is 1.54. The summed E-state index contributed by atoms with van der Waals surface area (Å²) in [6, 6.07) is 2.69. The molecule has 0 bridgehead atoms. The molecule has 1 heterocycles. The molecule has 0 amide bonds. The first-order valence-electron chi connectivity index (χ1n) is 1.86. The molecular formula is C4H4ClN2. The van der Waals surface area contributed by atoms with Crippen molar-refractivity contribution < 1.29 is 0 Å². The van der Waals surface area contributed by atoms with Gasteiger partial charge in [0.2, 0.25) is 0 Å². The van der Waals surface area contributed by atoms with Gasteiger partial charge in [-0.05, 0) is 0 Å². The van der Waals surface area contributed by atoms with Crippen molar-refractivity contribution >= 4 is 11.6 Å². The highest BCUT2D eigenvalue weighted by Gasteiger charge is 1.87. The molecule has 3 heteroatoms. The van der Waals surface area contributed by atoms with Gasteiger partial charge in [0.15, 0.2) is 0 Å². The smallest absolute Gasteiger partial charge is 0.134 e. The number of hydrogen-bond acceptors (Lipinski definition) is 1. The Bertz CT molecular complexity index is 142. The van der Waals surface area contributed by atoms with E-state index in [1.54, 1.807) is 11.7 Å². The number of hydrogen-bond donors (Lipinski definition) is 0. The molecule has 0 N–H and O–H groups in total. The first-order valence-corrected chi connectivity index (χ1v) is 2.23. The van der Waals surface area contributed by atoms with Crippen molar-refractivity contribution in [3.8, 4) is 0 Å². The van der Waals surface area contributed by atoms with Crippen LogP contribution in [0, 0.1) is 6.07 Å². The highest BCUT2D eigenvalue weighted by Crippen LogP contribution is 2.00. The van der Waals surface area contributed by atoms with E-state index in [0.29, 0.717) is 5.15 Å². The molecule has 0 aliphatic heterocycles. The minimum atomic E-state index is 0.542. The van der Waals surface area contributed by atoms with Crippen molar-refractivity contribution in [2.24, 2.45) is 7.05 Å². The molecule has 0 unspecified atom stereocenters. The summed E-state index contributed by atoms with van der Waals surface area (Å²) in [5.74, 6) is 0. The lowest BCUT2D eigenvalue weighted by Gasteiger charge is -1.84. The molecule has 0 saturated heterocycles. The molecule has 37 valence electrons. The number of aromatic nitrogens is 2. The maximum Gasteiger partial charge on any atom is 0.134 e. The second-order valence-electron chi connectivity index (χ2n) is 1.20. The summed E-state index contributed by atoms with van der Waals surface area (Å²) < 4.78 is 1.54. The summed E-state index contributed by atoms with van der Waals surface area (Å²) in [5, 5.41) is 4.29. The fourth-order valence-electron chi connectivity index (χ4n) is 0.313. The van der Waals surface area contributed by atoms with Gasteiger partial charge in [-0.3, -0.25) is 4.68 Å². The second-order valence-corrected chi connectivity index (χ2v) is 1.56. The van der Waals surface area contributed by atoms with Crippen LogP contribution in [0.1, 0.15) is 0 Å². The highest BCUT2D eigenvalue weighted by molar-refractivity contribution is 6.29. The summed E-state index contributed by atoms with van der Waals surface area (Å²) in [6.45, 7) is 0. The summed E-state index contributed by atoms with van der Waals surface area (Å²) >= 11 is 5.47. The maximum atomic E-state index is 5.47. The average Bonchev–Trinajstić information content (AvgIpc) is 1.91. The Labute approximate surface area is 46.7 Å². The van der Waals surface area contributed by atoms with Gasteiger partial charge in [0, 0.05) is 13.1 Å². The molecule has 0 saturated carbocycles. The van der Waals surface area contributed by atoms with Gasteiger partial charge >= 0.3 is 0 Å². The Hall–Kier alpha value is -0.500. The zero-order chi connectivity index (χ0) is 5.28. The van der Waals surface area contributed by atoms with Gasteiger partial charge < -0.3 is 0 Å². The molecular weight excluding hydrogens is 112 g/mol. The average molecular weight is 116 g/mol. The third-order valence-corrected chi connectivity index (χ3v) is 1.05. The third-order valence-electron chi connectivity index (χ3n) is 0.699. The third kappa shape index (κ3) is 0.747. The van der Waals surface area contributed by atoms with E-state index < -0.39 is 0 Å². The first-order chi connectivity index (χ1) is 3.30. The lowest BCUT2D eigenvalue weighted by Crippen LogP contribution is -1.87. The van der Waals surface area contributed by atoms with E-state index in [-0.39, 0.29) is 0 Å². The van der Waals surface area contributed by atoms with Gasteiger partial charge in [0.1, 0.15) is 5.15 Å². The van der Waals surface area contributed by atoms with Gasteiger partial charge in [-0.2, -0.15) is 5.10 Å². The van der Waals surface area contributed by atoms with Crippen LogP contribution in [0.25, 0.3) is 0 Å². The van der Waals surface area contributed by atoms with Crippen molar-refractivity contribution in [2.75, 3.05) is 0 Å². The fraction of sp³-hybridized carbons (Fsp3) is 0.250. The number of halogens is 1. The van der Waals surface area contributed by atoms with Crippen molar-refractivity contribution in [1.29, 1.82) is 0 Å². The lowest BCUT2D eigenvalue weighted by atomic mass is 10.7. The number of aryl methyl sites for hydroxylation is 1. The molecule has 0 spiro atoms. The molecule has 0 aliphatic rings. The molecule has 2 nitrogen and oxygen atoms in total. The standard InChI is InChI=1S/C4H4ClN2/c1-7-4(5)2-3-6-7/h3H,1H3. The van der Waals surface area contributed by atoms with Crippen LogP contribution in [0.3, 0.4) is 0 Å². The Morgan fingerprint density at radius 2 is 2.71 bits per heavy atom. The molecule has 0 atom stereocenters. The summed E-state index contributed by atoms with van der Waals surface area (Å²) in [4.78, 5) is 0. The molecule has 0 fully saturated rings. The van der Waals surface area contributed by atoms with Gasteiger partial charge in [0.25, 0.3) is 0 Å². The fourth-order valence-corrected chi connectivity index (χ4v) is 0.405. The summed E-state index contributed by atoms with van der Waals surface area (Å²) in [7, 11) is 1.76. The minimum absolute atomic E-state index is 0.542. The van der Waals surface area contributed by atoms with Gasteiger partial charge in [-0.1, -0.05) is 11.6 Å². The molecule has 1 rings (SSSR count). The van der Waals surface area contributed by atoms with Crippen molar-refractivity contribution in [3.05, 3.63) is 17.4 Å². The Morgan fingerprint density at radius 1 is 2.00 bits per heavy atom. The predicted octanol–water partition coefficient (Wildman–Crippen LogP) is 0.874. The maximum absolute atomic E-state index is 5.47. The van der Waals surface area contributed by atoms with Crippen LogP contribution in [0.4, 0.5) is 0 Å². The molecule has 7 heavy (non-hydrogen) atoms. The van der Waals surface area contributed by atoms with Crippen molar-refractivity contribution in [2.45, 2.75) is 0 Å². The molecule has 1 radical (unpaired) electrons. The zero-order valence-corrected chi connectivity index (χ0v) is 4.61. The van der Waals surface area contributed by atoms with Crippen molar-refractivity contribution in [3.63, 3.8) is 0 Å². The van der Waals surface area contributed by atoms with Gasteiger partial charge in [-0.25, -0.2) is 0 Å². The van der Waals surface area contributed by atoms with E-state index in [0.717, 1.165) is 0 Å². The topological polar surface area (TPSA) is 17.8 Å². The Balaban J connectivity index is 3.12. The van der Waals surface area contributed by atoms with Crippen LogP contribution in [0.5, 0.6) is 0 Å². The van der Waals surface area contributed by atoms with Crippen LogP contribution < -0.4 is 0 Å². The van der Waals surface area contributed by atoms with Crippen LogP contribution in [0.15, 0.2) is 6.20 Å². The first kappa shape index (κ1) is 4.65. The molecule has 1 aromatic heterocycles. The van der Waals surface area contributed by atoms with E-state index in [9.17, 15) is 0 Å². The van der Waals surface area contributed by atoms with E-state index in [1.807, 2.05) is 0 Å². The van der Waals surface area contributed by atoms with Crippen LogP contribution in [-0.4, -0.2) is 9.78 Å². The summed E-state index contributed by atoms with van der Waals surface area (Å²) in [6.07, 6.45) is 1.53. The van der Waals surface area contributed by atoms with E-state index >= 15 is 0 Å².